The van der Waals surface area contributed by atoms with Gasteiger partial charge in [-0.05, 0) is 24.6 Å². The van der Waals surface area contributed by atoms with Crippen LogP contribution < -0.4 is 4.57 Å². The molecule has 0 atom stereocenters. The average Bonchev–Trinajstić information content (AvgIpc) is 2.61. The molecule has 0 radical (unpaired) electrons. The molecular weight excluding hydrogens is 322 g/mol. The Hall–Kier alpha value is -3.35. The normalized spacial score (nSPS) is 10.8. The van der Waals surface area contributed by atoms with E-state index in [1.807, 2.05) is 43.5 Å². The van der Waals surface area contributed by atoms with Crippen LogP contribution in [-0.2, 0) is 13.0 Å². The zero-order chi connectivity index (χ0) is 18.0. The quantitative estimate of drug-likeness (QED) is 0.404. The van der Waals surface area contributed by atoms with Crippen LogP contribution in [0.3, 0.4) is 0 Å². The van der Waals surface area contributed by atoms with E-state index in [2.05, 4.69) is 4.57 Å². The molecule has 0 saturated carbocycles. The van der Waals surface area contributed by atoms with Gasteiger partial charge in [0, 0.05) is 36.1 Å². The molecular formula is C18H16N3O4+. The molecule has 0 bridgehead atoms. The Labute approximate surface area is 143 Å². The standard InChI is InChI=1S/C18H16N3O4/c1-2-19-11-10-13(14-6-3-4-7-16(14)19)12-15-17(20(22)23)8-5-9-18(15)21(24)25/h3-11H,2,12H2,1H3/q+1. The van der Waals surface area contributed by atoms with E-state index in [1.165, 1.54) is 18.2 Å². The molecule has 0 saturated heterocycles. The first kappa shape index (κ1) is 16.5. The maximum Gasteiger partial charge on any atom is 0.279 e. The van der Waals surface area contributed by atoms with Crippen LogP contribution in [0.25, 0.3) is 10.9 Å². The summed E-state index contributed by atoms with van der Waals surface area (Å²) in [6, 6.07) is 13.5. The largest absolute Gasteiger partial charge is 0.279 e. The SMILES string of the molecule is CC[n+]1ccc(Cc2c([N+](=O)[O-])cccc2[N+](=O)[O-])c2ccccc21. The molecule has 3 aromatic rings. The van der Waals surface area contributed by atoms with Crippen molar-refractivity contribution >= 4 is 22.3 Å². The highest BCUT2D eigenvalue weighted by Gasteiger charge is 2.25. The zero-order valence-electron chi connectivity index (χ0n) is 13.6. The molecule has 0 aliphatic carbocycles. The molecule has 1 aromatic heterocycles. The van der Waals surface area contributed by atoms with Crippen molar-refractivity contribution in [1.29, 1.82) is 0 Å². The van der Waals surface area contributed by atoms with Crippen molar-refractivity contribution in [3.8, 4) is 0 Å². The summed E-state index contributed by atoms with van der Waals surface area (Å²) in [6.07, 6.45) is 2.02. The molecule has 0 aliphatic rings. The Kier molecular flexibility index (Phi) is 4.38. The highest BCUT2D eigenvalue weighted by Crippen LogP contribution is 2.31. The molecule has 2 aromatic carbocycles. The number of hydrogen-bond acceptors (Lipinski definition) is 4. The summed E-state index contributed by atoms with van der Waals surface area (Å²) in [5, 5.41) is 23.6. The fourth-order valence-electron chi connectivity index (χ4n) is 3.05. The van der Waals surface area contributed by atoms with Crippen LogP contribution in [0.2, 0.25) is 0 Å². The summed E-state index contributed by atoms with van der Waals surface area (Å²) in [4.78, 5) is 21.5. The van der Waals surface area contributed by atoms with Gasteiger partial charge >= 0.3 is 0 Å². The van der Waals surface area contributed by atoms with Crippen molar-refractivity contribution in [2.75, 3.05) is 0 Å². The summed E-state index contributed by atoms with van der Waals surface area (Å²) in [7, 11) is 0. The molecule has 25 heavy (non-hydrogen) atoms. The van der Waals surface area contributed by atoms with Crippen LogP contribution in [-0.4, -0.2) is 9.85 Å². The third-order valence-corrected chi connectivity index (χ3v) is 4.24. The molecule has 1 heterocycles. The van der Waals surface area contributed by atoms with E-state index in [1.54, 1.807) is 0 Å². The van der Waals surface area contributed by atoms with E-state index < -0.39 is 9.85 Å². The summed E-state index contributed by atoms with van der Waals surface area (Å²) >= 11 is 0. The summed E-state index contributed by atoms with van der Waals surface area (Å²) in [6.45, 7) is 2.81. The Morgan fingerprint density at radius 1 is 0.920 bits per heavy atom. The number of rotatable bonds is 5. The van der Waals surface area contributed by atoms with Gasteiger partial charge in [0.05, 0.1) is 9.85 Å². The zero-order valence-corrected chi connectivity index (χ0v) is 13.6. The van der Waals surface area contributed by atoms with Crippen LogP contribution >= 0.6 is 0 Å². The lowest BCUT2D eigenvalue weighted by Gasteiger charge is -2.07. The van der Waals surface area contributed by atoms with Gasteiger partial charge in [-0.1, -0.05) is 12.1 Å². The number of nitro groups is 2. The molecule has 0 fully saturated rings. The van der Waals surface area contributed by atoms with Crippen LogP contribution in [0.15, 0.2) is 54.7 Å². The predicted molar refractivity (Wildman–Crippen MR) is 92.4 cm³/mol. The van der Waals surface area contributed by atoms with Crippen LogP contribution in [0, 0.1) is 20.2 Å². The smallest absolute Gasteiger partial charge is 0.258 e. The number of aryl methyl sites for hydroxylation is 1. The molecule has 0 unspecified atom stereocenters. The van der Waals surface area contributed by atoms with Gasteiger partial charge in [-0.15, -0.1) is 0 Å². The van der Waals surface area contributed by atoms with E-state index in [0.29, 0.717) is 0 Å². The van der Waals surface area contributed by atoms with Crippen LogP contribution in [0.5, 0.6) is 0 Å². The number of fused-ring (bicyclic) bond motifs is 1. The van der Waals surface area contributed by atoms with E-state index in [-0.39, 0.29) is 23.4 Å². The lowest BCUT2D eigenvalue weighted by molar-refractivity contribution is -0.667. The first-order valence-corrected chi connectivity index (χ1v) is 7.83. The predicted octanol–water partition coefficient (Wildman–Crippen LogP) is 3.55. The highest BCUT2D eigenvalue weighted by atomic mass is 16.6. The maximum atomic E-state index is 11.3. The van der Waals surface area contributed by atoms with Crippen molar-refractivity contribution in [3.05, 3.63) is 86.1 Å². The lowest BCUT2D eigenvalue weighted by Crippen LogP contribution is -2.32. The minimum absolute atomic E-state index is 0.122. The fraction of sp³-hybridized carbons (Fsp3) is 0.167. The maximum absolute atomic E-state index is 11.3. The number of nitrogens with zero attached hydrogens (tertiary/aromatic N) is 3. The second-order valence-corrected chi connectivity index (χ2v) is 5.61. The first-order valence-electron chi connectivity index (χ1n) is 7.83. The summed E-state index contributed by atoms with van der Waals surface area (Å²) in [5.41, 5.74) is 1.47. The van der Waals surface area contributed by atoms with E-state index in [4.69, 9.17) is 0 Å². The molecule has 3 rings (SSSR count). The van der Waals surface area contributed by atoms with E-state index >= 15 is 0 Å². The second kappa shape index (κ2) is 6.64. The summed E-state index contributed by atoms with van der Waals surface area (Å²) in [5.74, 6) is 0. The number of aromatic nitrogens is 1. The van der Waals surface area contributed by atoms with Crippen molar-refractivity contribution in [2.24, 2.45) is 0 Å². The van der Waals surface area contributed by atoms with Gasteiger partial charge in [0.1, 0.15) is 12.1 Å². The van der Waals surface area contributed by atoms with Crippen LogP contribution in [0.1, 0.15) is 18.1 Å². The number of nitro benzene ring substituents is 2. The van der Waals surface area contributed by atoms with E-state index in [9.17, 15) is 20.2 Å². The fourth-order valence-corrected chi connectivity index (χ4v) is 3.05. The topological polar surface area (TPSA) is 90.2 Å². The van der Waals surface area contributed by atoms with Crippen LogP contribution in [0.4, 0.5) is 11.4 Å². The molecule has 0 aliphatic heterocycles. The lowest BCUT2D eigenvalue weighted by atomic mass is 9.98. The molecule has 0 N–H and O–H groups in total. The highest BCUT2D eigenvalue weighted by molar-refractivity contribution is 5.80. The van der Waals surface area contributed by atoms with Gasteiger partial charge < -0.3 is 0 Å². The minimum atomic E-state index is -0.570. The average molecular weight is 338 g/mol. The van der Waals surface area contributed by atoms with Gasteiger partial charge in [0.15, 0.2) is 6.20 Å². The van der Waals surface area contributed by atoms with Crippen molar-refractivity contribution < 1.29 is 14.4 Å². The summed E-state index contributed by atoms with van der Waals surface area (Å²) < 4.78 is 2.06. The molecule has 7 nitrogen and oxygen atoms in total. The number of pyridine rings is 1. The Morgan fingerprint density at radius 3 is 2.16 bits per heavy atom. The number of hydrogen-bond donors (Lipinski definition) is 0. The Balaban J connectivity index is 2.20. The van der Waals surface area contributed by atoms with Gasteiger partial charge in [-0.3, -0.25) is 20.2 Å². The number of para-hydroxylation sites is 1. The third-order valence-electron chi connectivity index (χ3n) is 4.24. The Bertz CT molecular complexity index is 953. The number of benzene rings is 2. The third kappa shape index (κ3) is 3.03. The van der Waals surface area contributed by atoms with E-state index in [0.717, 1.165) is 23.0 Å². The molecule has 126 valence electrons. The monoisotopic (exact) mass is 338 g/mol. The first-order chi connectivity index (χ1) is 12.0. The van der Waals surface area contributed by atoms with Crippen molar-refractivity contribution in [3.63, 3.8) is 0 Å². The Morgan fingerprint density at radius 2 is 1.56 bits per heavy atom. The van der Waals surface area contributed by atoms with Gasteiger partial charge in [-0.2, -0.15) is 4.57 Å². The van der Waals surface area contributed by atoms with Gasteiger partial charge in [0.2, 0.25) is 5.52 Å². The van der Waals surface area contributed by atoms with Crippen molar-refractivity contribution in [2.45, 2.75) is 19.9 Å². The minimum Gasteiger partial charge on any atom is -0.258 e. The second-order valence-electron chi connectivity index (χ2n) is 5.61. The van der Waals surface area contributed by atoms with Gasteiger partial charge in [0.25, 0.3) is 11.4 Å². The molecule has 0 amide bonds. The molecule has 0 spiro atoms. The van der Waals surface area contributed by atoms with Crippen molar-refractivity contribution in [1.82, 2.24) is 0 Å². The molecule has 7 heteroatoms. The van der Waals surface area contributed by atoms with Gasteiger partial charge in [-0.25, -0.2) is 0 Å².